The number of likely N-dealkylation sites (tertiary alicyclic amines) is 1. The van der Waals surface area contributed by atoms with Crippen LogP contribution >= 0.6 is 0 Å². The summed E-state index contributed by atoms with van der Waals surface area (Å²) in [7, 11) is -3.85. The first-order chi connectivity index (χ1) is 17.7. The number of carboxylic acid groups (broad SMARTS) is 1. The third-order valence-corrected chi connectivity index (χ3v) is 8.14. The minimum Gasteiger partial charge on any atom is -0.465 e. The van der Waals surface area contributed by atoms with E-state index in [1.54, 1.807) is 23.2 Å². The molecule has 0 bridgehead atoms. The summed E-state index contributed by atoms with van der Waals surface area (Å²) in [6.45, 7) is 0.394. The van der Waals surface area contributed by atoms with E-state index in [4.69, 9.17) is 10.1 Å². The van der Waals surface area contributed by atoms with Gasteiger partial charge in [0.1, 0.15) is 5.41 Å². The maximum absolute atomic E-state index is 13.8. The Balaban J connectivity index is 1.46. The highest BCUT2D eigenvalue weighted by Crippen LogP contribution is 2.48. The number of nitrogens with two attached hydrogens (primary N) is 1. The molecule has 37 heavy (non-hydrogen) atoms. The van der Waals surface area contributed by atoms with Gasteiger partial charge in [0.15, 0.2) is 0 Å². The van der Waals surface area contributed by atoms with Crippen molar-refractivity contribution in [2.75, 3.05) is 18.0 Å². The summed E-state index contributed by atoms with van der Waals surface area (Å²) >= 11 is 0. The molecule has 2 aliphatic rings. The number of pyridine rings is 1. The van der Waals surface area contributed by atoms with Gasteiger partial charge in [-0.3, -0.25) is 9.78 Å². The van der Waals surface area contributed by atoms with Gasteiger partial charge in [0.2, 0.25) is 15.9 Å². The molecule has 1 spiro atoms. The monoisotopic (exact) mass is 514 g/mol. The highest BCUT2D eigenvalue weighted by molar-refractivity contribution is 7.89. The maximum Gasteiger partial charge on any atom is 0.407 e. The number of nitrogens with zero attached hydrogens (tertiary/aromatic N) is 3. The zero-order chi connectivity index (χ0) is 25.9. The molecule has 9 nitrogen and oxygen atoms in total. The van der Waals surface area contributed by atoms with Crippen LogP contribution in [0.4, 0.5) is 10.5 Å². The van der Waals surface area contributed by atoms with Crippen LogP contribution in [0.25, 0.3) is 21.9 Å². The second kappa shape index (κ2) is 8.12. The topological polar surface area (TPSA) is 134 Å². The van der Waals surface area contributed by atoms with Gasteiger partial charge in [-0.05, 0) is 34.7 Å². The van der Waals surface area contributed by atoms with E-state index in [-0.39, 0.29) is 30.4 Å². The molecule has 3 N–H and O–H groups in total. The van der Waals surface area contributed by atoms with Gasteiger partial charge in [0, 0.05) is 35.9 Å². The highest BCUT2D eigenvalue weighted by atomic mass is 32.2. The van der Waals surface area contributed by atoms with Crippen molar-refractivity contribution in [1.29, 1.82) is 0 Å². The summed E-state index contributed by atoms with van der Waals surface area (Å²) in [5, 5.41) is 16.5. The third kappa shape index (κ3) is 3.56. The molecule has 0 atom stereocenters. The molecule has 1 fully saturated rings. The molecule has 4 aromatic rings. The predicted molar refractivity (Wildman–Crippen MR) is 137 cm³/mol. The van der Waals surface area contributed by atoms with Gasteiger partial charge in [-0.25, -0.2) is 18.4 Å². The average Bonchev–Trinajstić information content (AvgIpc) is 3.10. The summed E-state index contributed by atoms with van der Waals surface area (Å²) < 4.78 is 23.6. The average molecular weight is 515 g/mol. The fourth-order valence-electron chi connectivity index (χ4n) is 5.41. The third-order valence-electron chi connectivity index (χ3n) is 7.21. The Kier molecular flexibility index (Phi) is 5.08. The van der Waals surface area contributed by atoms with Gasteiger partial charge < -0.3 is 14.9 Å². The van der Waals surface area contributed by atoms with Gasteiger partial charge in [0.25, 0.3) is 0 Å². The minimum absolute atomic E-state index is 0.00422. The van der Waals surface area contributed by atoms with Gasteiger partial charge >= 0.3 is 6.09 Å². The largest absolute Gasteiger partial charge is 0.465 e. The number of anilines is 1. The Labute approximate surface area is 212 Å². The van der Waals surface area contributed by atoms with Gasteiger partial charge in [-0.15, -0.1) is 0 Å². The molecule has 3 heterocycles. The number of fused-ring (bicyclic) bond motifs is 3. The van der Waals surface area contributed by atoms with Crippen LogP contribution in [0.1, 0.15) is 11.3 Å². The number of benzene rings is 3. The Morgan fingerprint density at radius 2 is 1.68 bits per heavy atom. The van der Waals surface area contributed by atoms with Crippen LogP contribution in [-0.2, 0) is 26.8 Å². The first-order valence-electron chi connectivity index (χ1n) is 11.6. The van der Waals surface area contributed by atoms with Crippen LogP contribution in [0.3, 0.4) is 0 Å². The summed E-state index contributed by atoms with van der Waals surface area (Å²) in [4.78, 5) is 32.9. The Morgan fingerprint density at radius 1 is 1.00 bits per heavy atom. The van der Waals surface area contributed by atoms with Crippen molar-refractivity contribution >= 4 is 38.5 Å². The minimum atomic E-state index is -3.85. The lowest BCUT2D eigenvalue weighted by Gasteiger charge is -2.45. The maximum atomic E-state index is 13.8. The smallest absolute Gasteiger partial charge is 0.407 e. The Morgan fingerprint density at radius 3 is 2.38 bits per heavy atom. The lowest BCUT2D eigenvalue weighted by molar-refractivity contribution is -0.128. The summed E-state index contributed by atoms with van der Waals surface area (Å²) in [6, 6.07) is 21.5. The van der Waals surface area contributed by atoms with Crippen molar-refractivity contribution in [3.8, 4) is 11.1 Å². The molecule has 0 aliphatic carbocycles. The van der Waals surface area contributed by atoms with Crippen molar-refractivity contribution < 1.29 is 23.1 Å². The van der Waals surface area contributed by atoms with E-state index in [0.29, 0.717) is 5.69 Å². The van der Waals surface area contributed by atoms with Crippen LogP contribution in [0, 0.1) is 0 Å². The lowest BCUT2D eigenvalue weighted by Crippen LogP contribution is -2.65. The zero-order valence-electron chi connectivity index (χ0n) is 19.5. The van der Waals surface area contributed by atoms with E-state index in [0.717, 1.165) is 33.2 Å². The van der Waals surface area contributed by atoms with Crippen LogP contribution in [0.2, 0.25) is 0 Å². The second-order valence-electron chi connectivity index (χ2n) is 9.37. The second-order valence-corrected chi connectivity index (χ2v) is 10.9. The van der Waals surface area contributed by atoms with Crippen molar-refractivity contribution in [3.63, 3.8) is 0 Å². The van der Waals surface area contributed by atoms with E-state index in [1.807, 2.05) is 48.5 Å². The fourth-order valence-corrected chi connectivity index (χ4v) is 5.92. The van der Waals surface area contributed by atoms with Crippen molar-refractivity contribution in [3.05, 3.63) is 90.3 Å². The number of primary sulfonamides is 1. The Hall–Kier alpha value is -4.28. The van der Waals surface area contributed by atoms with E-state index in [2.05, 4.69) is 0 Å². The number of aromatic nitrogens is 1. The van der Waals surface area contributed by atoms with Crippen LogP contribution < -0.4 is 10.0 Å². The zero-order valence-corrected chi connectivity index (χ0v) is 20.4. The van der Waals surface area contributed by atoms with E-state index >= 15 is 0 Å². The number of carbonyl (C=O) groups is 2. The molecule has 0 radical (unpaired) electrons. The molecule has 1 aromatic heterocycles. The SMILES string of the molecule is NS(=O)(=O)c1ccc(-c2c(CN3C(=O)C4(CN(C(=O)O)C4)c4ccccc43)ncc3ccccc23)cc1. The normalized spacial score (nSPS) is 16.2. The summed E-state index contributed by atoms with van der Waals surface area (Å²) in [5.74, 6) is -0.156. The first kappa shape index (κ1) is 23.1. The van der Waals surface area contributed by atoms with E-state index in [9.17, 15) is 23.1 Å². The number of rotatable bonds is 4. The molecule has 186 valence electrons. The molecule has 10 heteroatoms. The van der Waals surface area contributed by atoms with Gasteiger partial charge in [-0.1, -0.05) is 54.6 Å². The standard InChI is InChI=1S/C27H22N4O5S/c28-37(35,36)19-11-9-17(10-12-19)24-20-6-2-1-5-18(20)13-29-22(24)14-31-23-8-4-3-7-21(23)27(25(31)32)15-30(16-27)26(33)34/h1-13H,14-16H2,(H,33,34)(H2,28,35,36). The fraction of sp³-hybridized carbons (Fsp3) is 0.148. The number of amides is 2. The van der Waals surface area contributed by atoms with Gasteiger partial charge in [0.05, 0.1) is 17.1 Å². The molecule has 0 unspecified atom stereocenters. The molecule has 0 saturated carbocycles. The lowest BCUT2D eigenvalue weighted by atomic mass is 9.75. The number of para-hydroxylation sites is 1. The van der Waals surface area contributed by atoms with Crippen molar-refractivity contribution in [2.24, 2.45) is 5.14 Å². The van der Waals surface area contributed by atoms with Crippen molar-refractivity contribution in [1.82, 2.24) is 9.88 Å². The molecule has 3 aromatic carbocycles. The molecule has 2 aliphatic heterocycles. The molecule has 2 amide bonds. The van der Waals surface area contributed by atoms with Crippen LogP contribution in [0.5, 0.6) is 0 Å². The number of hydrogen-bond donors (Lipinski definition) is 2. The highest BCUT2D eigenvalue weighted by Gasteiger charge is 2.59. The molecular weight excluding hydrogens is 492 g/mol. The summed E-state index contributed by atoms with van der Waals surface area (Å²) in [6.07, 6.45) is 0.709. The molecular formula is C27H22N4O5S. The van der Waals surface area contributed by atoms with E-state index in [1.165, 1.54) is 17.0 Å². The summed E-state index contributed by atoms with van der Waals surface area (Å²) in [5.41, 5.74) is 2.81. The number of sulfonamides is 1. The van der Waals surface area contributed by atoms with Crippen molar-refractivity contribution in [2.45, 2.75) is 16.9 Å². The Bertz CT molecular complexity index is 1700. The van der Waals surface area contributed by atoms with Crippen LogP contribution in [-0.4, -0.2) is 48.5 Å². The number of carbonyl (C=O) groups excluding carboxylic acids is 1. The van der Waals surface area contributed by atoms with Gasteiger partial charge in [-0.2, -0.15) is 0 Å². The number of hydrogen-bond acceptors (Lipinski definition) is 5. The molecule has 6 rings (SSSR count). The van der Waals surface area contributed by atoms with E-state index < -0.39 is 21.5 Å². The first-order valence-corrected chi connectivity index (χ1v) is 13.1. The van der Waals surface area contributed by atoms with Crippen LogP contribution in [0.15, 0.2) is 83.9 Å². The molecule has 1 saturated heterocycles. The predicted octanol–water partition coefficient (Wildman–Crippen LogP) is 3.33. The quantitative estimate of drug-likeness (QED) is 0.429.